The number of ether oxygens (including phenoxy) is 1. The van der Waals surface area contributed by atoms with E-state index in [-0.39, 0.29) is 17.6 Å². The molecule has 3 aromatic rings. The van der Waals surface area contributed by atoms with Crippen molar-refractivity contribution in [2.24, 2.45) is 0 Å². The van der Waals surface area contributed by atoms with Gasteiger partial charge in [-0.2, -0.15) is 8.42 Å². The van der Waals surface area contributed by atoms with E-state index in [0.29, 0.717) is 11.4 Å². The summed E-state index contributed by atoms with van der Waals surface area (Å²) in [7, 11) is -3.81. The Kier molecular flexibility index (Phi) is 4.39. The minimum atomic E-state index is -3.81. The van der Waals surface area contributed by atoms with Crippen LogP contribution in [0, 0.1) is 6.92 Å². The van der Waals surface area contributed by atoms with Crippen molar-refractivity contribution in [2.45, 2.75) is 24.3 Å². The van der Waals surface area contributed by atoms with Gasteiger partial charge in [-0.1, -0.05) is 53.6 Å². The number of halogens is 1. The van der Waals surface area contributed by atoms with Gasteiger partial charge in [0.1, 0.15) is 18.5 Å². The first-order valence-electron chi connectivity index (χ1n) is 8.27. The molecule has 1 aliphatic rings. The number of hydrogen-bond acceptors (Lipinski definition) is 4. The van der Waals surface area contributed by atoms with Crippen molar-refractivity contribution in [3.63, 3.8) is 0 Å². The van der Waals surface area contributed by atoms with Crippen molar-refractivity contribution in [3.05, 3.63) is 70.7 Å². The van der Waals surface area contributed by atoms with Crippen LogP contribution in [0.5, 0.6) is 5.75 Å². The van der Waals surface area contributed by atoms with Crippen molar-refractivity contribution in [1.29, 1.82) is 0 Å². The second kappa shape index (κ2) is 6.58. The number of hydrogen-bond donors (Lipinski definition) is 0. The molecule has 0 radical (unpaired) electrons. The molecule has 134 valence electrons. The molecule has 0 amide bonds. The van der Waals surface area contributed by atoms with Crippen LogP contribution in [0.25, 0.3) is 10.8 Å². The van der Waals surface area contributed by atoms with Gasteiger partial charge in [-0.25, -0.2) is 0 Å². The third-order valence-corrected chi connectivity index (χ3v) is 6.08. The summed E-state index contributed by atoms with van der Waals surface area (Å²) < 4.78 is 35.9. The maximum Gasteiger partial charge on any atom is 0.297 e. The highest BCUT2D eigenvalue weighted by atomic mass is 35.5. The lowest BCUT2D eigenvalue weighted by Crippen LogP contribution is -2.23. The van der Waals surface area contributed by atoms with Gasteiger partial charge in [0.05, 0.1) is 4.90 Å². The van der Waals surface area contributed by atoms with Crippen molar-refractivity contribution >= 4 is 32.5 Å². The molecule has 0 spiro atoms. The molecule has 3 aromatic carbocycles. The lowest BCUT2D eigenvalue weighted by molar-refractivity contribution is 0.153. The Balaban J connectivity index is 1.52. The fraction of sp³-hybridized carbons (Fsp3) is 0.200. The van der Waals surface area contributed by atoms with Gasteiger partial charge in [-0.15, -0.1) is 0 Å². The molecular weight excluding hydrogens is 372 g/mol. The number of benzene rings is 3. The molecule has 4 nitrogen and oxygen atoms in total. The van der Waals surface area contributed by atoms with Crippen molar-refractivity contribution in [2.75, 3.05) is 6.61 Å². The molecule has 1 atom stereocenters. The zero-order chi connectivity index (χ0) is 18.3. The second-order valence-corrected chi connectivity index (χ2v) is 8.41. The van der Waals surface area contributed by atoms with Crippen LogP contribution in [0.2, 0.25) is 5.02 Å². The molecule has 0 saturated carbocycles. The normalized spacial score (nSPS) is 16.5. The van der Waals surface area contributed by atoms with Crippen LogP contribution in [-0.2, 0) is 20.7 Å². The van der Waals surface area contributed by atoms with Crippen LogP contribution in [0.4, 0.5) is 0 Å². The fourth-order valence-electron chi connectivity index (χ4n) is 3.13. The molecule has 0 aromatic heterocycles. The van der Waals surface area contributed by atoms with Gasteiger partial charge in [-0.3, -0.25) is 4.18 Å². The predicted octanol–water partition coefficient (Wildman–Crippen LogP) is 4.51. The van der Waals surface area contributed by atoms with E-state index in [1.165, 1.54) is 0 Å². The van der Waals surface area contributed by atoms with E-state index in [1.807, 2.05) is 37.3 Å². The number of fused-ring (bicyclic) bond motifs is 3. The topological polar surface area (TPSA) is 52.6 Å². The van der Waals surface area contributed by atoms with Crippen LogP contribution >= 0.6 is 11.6 Å². The molecule has 0 N–H and O–H groups in total. The highest BCUT2D eigenvalue weighted by Gasteiger charge is 2.28. The van der Waals surface area contributed by atoms with Crippen molar-refractivity contribution in [1.82, 2.24) is 0 Å². The highest BCUT2D eigenvalue weighted by molar-refractivity contribution is 7.86. The summed E-state index contributed by atoms with van der Waals surface area (Å²) in [5.41, 5.74) is 1.96. The Morgan fingerprint density at radius 1 is 1.12 bits per heavy atom. The molecule has 1 unspecified atom stereocenters. The zero-order valence-corrected chi connectivity index (χ0v) is 15.7. The summed E-state index contributed by atoms with van der Waals surface area (Å²) >= 11 is 6.35. The van der Waals surface area contributed by atoms with E-state index in [2.05, 4.69) is 0 Å². The third kappa shape index (κ3) is 3.18. The second-order valence-electron chi connectivity index (χ2n) is 6.39. The summed E-state index contributed by atoms with van der Waals surface area (Å²) in [6.45, 7) is 1.85. The van der Waals surface area contributed by atoms with Crippen molar-refractivity contribution < 1.29 is 17.3 Å². The first-order valence-corrected chi connectivity index (χ1v) is 10.1. The van der Waals surface area contributed by atoms with Gasteiger partial charge in [0.15, 0.2) is 0 Å². The monoisotopic (exact) mass is 388 g/mol. The summed E-state index contributed by atoms with van der Waals surface area (Å²) in [4.78, 5) is 0.145. The molecule has 4 rings (SSSR count). The fourth-order valence-corrected chi connectivity index (χ4v) is 4.37. The van der Waals surface area contributed by atoms with Crippen LogP contribution in [0.1, 0.15) is 11.1 Å². The Bertz CT molecular complexity index is 1070. The molecule has 0 bridgehead atoms. The Labute approximate surface area is 157 Å². The van der Waals surface area contributed by atoms with Gasteiger partial charge in [0.25, 0.3) is 10.1 Å². The summed E-state index contributed by atoms with van der Waals surface area (Å²) in [5.74, 6) is 0.756. The first kappa shape index (κ1) is 17.3. The van der Waals surface area contributed by atoms with Crippen LogP contribution in [0.15, 0.2) is 59.5 Å². The molecule has 6 heteroatoms. The molecule has 1 heterocycles. The average Bonchev–Trinajstić information content (AvgIpc) is 3.04. The van der Waals surface area contributed by atoms with Gasteiger partial charge >= 0.3 is 0 Å². The smallest absolute Gasteiger partial charge is 0.297 e. The Morgan fingerprint density at radius 2 is 1.81 bits per heavy atom. The molecule has 1 aliphatic heterocycles. The van der Waals surface area contributed by atoms with E-state index in [0.717, 1.165) is 27.6 Å². The van der Waals surface area contributed by atoms with Gasteiger partial charge < -0.3 is 4.74 Å². The lowest BCUT2D eigenvalue weighted by Gasteiger charge is -2.12. The third-order valence-electron chi connectivity index (χ3n) is 4.47. The van der Waals surface area contributed by atoms with E-state index in [4.69, 9.17) is 20.5 Å². The predicted molar refractivity (Wildman–Crippen MR) is 101 cm³/mol. The molecular formula is C20H17ClO4S. The molecule has 0 fully saturated rings. The summed E-state index contributed by atoms with van der Waals surface area (Å²) in [5, 5.41) is 2.51. The van der Waals surface area contributed by atoms with E-state index in [1.54, 1.807) is 24.3 Å². The van der Waals surface area contributed by atoms with E-state index >= 15 is 0 Å². The molecule has 0 saturated heterocycles. The summed E-state index contributed by atoms with van der Waals surface area (Å²) in [6, 6.07) is 16.2. The maximum absolute atomic E-state index is 12.3. The zero-order valence-electron chi connectivity index (χ0n) is 14.1. The average molecular weight is 389 g/mol. The minimum absolute atomic E-state index is 0.0448. The van der Waals surface area contributed by atoms with Crippen LogP contribution < -0.4 is 4.74 Å². The lowest BCUT2D eigenvalue weighted by atomic mass is 10.0. The van der Waals surface area contributed by atoms with Gasteiger partial charge in [-0.05, 0) is 25.1 Å². The Hall–Kier alpha value is -2.08. The SMILES string of the molecule is Cc1ccc(S(=O)(=O)OCC2Cc3cc(Cl)c4ccccc4c3O2)cc1. The van der Waals surface area contributed by atoms with Gasteiger partial charge in [0.2, 0.25) is 0 Å². The van der Waals surface area contributed by atoms with E-state index < -0.39 is 10.1 Å². The number of aryl methyl sites for hydroxylation is 1. The van der Waals surface area contributed by atoms with Gasteiger partial charge in [0, 0.05) is 27.8 Å². The number of rotatable bonds is 4. The first-order chi connectivity index (χ1) is 12.4. The summed E-state index contributed by atoms with van der Waals surface area (Å²) in [6.07, 6.45) is 0.190. The largest absolute Gasteiger partial charge is 0.487 e. The molecule has 26 heavy (non-hydrogen) atoms. The standard InChI is InChI=1S/C20H17ClO4S/c1-13-6-8-16(9-7-13)26(22,23)24-12-15-10-14-11-19(21)17-4-2-3-5-18(17)20(14)25-15/h2-9,11,15H,10,12H2,1H3. The Morgan fingerprint density at radius 3 is 2.54 bits per heavy atom. The quantitative estimate of drug-likeness (QED) is 0.617. The maximum atomic E-state index is 12.3. The molecule has 0 aliphatic carbocycles. The van der Waals surface area contributed by atoms with E-state index in [9.17, 15) is 8.42 Å². The van der Waals surface area contributed by atoms with Crippen molar-refractivity contribution in [3.8, 4) is 5.75 Å². The van der Waals surface area contributed by atoms with Crippen LogP contribution in [-0.4, -0.2) is 21.1 Å². The highest BCUT2D eigenvalue weighted by Crippen LogP contribution is 2.40. The van der Waals surface area contributed by atoms with Crippen LogP contribution in [0.3, 0.4) is 0 Å². The minimum Gasteiger partial charge on any atom is -0.487 e.